The van der Waals surface area contributed by atoms with Crippen molar-refractivity contribution in [2.45, 2.75) is 0 Å². The molecule has 1 amide bonds. The summed E-state index contributed by atoms with van der Waals surface area (Å²) in [6.45, 7) is 0. The second-order valence-corrected chi connectivity index (χ2v) is 4.72. The van der Waals surface area contributed by atoms with Gasteiger partial charge in [-0.15, -0.1) is 0 Å². The summed E-state index contributed by atoms with van der Waals surface area (Å²) in [4.78, 5) is 13.3. The fraction of sp³-hybridized carbons (Fsp3) is 0. The Morgan fingerprint density at radius 2 is 1.67 bits per heavy atom. The van der Waals surface area contributed by atoms with E-state index in [1.807, 2.05) is 24.4 Å². The van der Waals surface area contributed by atoms with Crippen molar-refractivity contribution in [3.8, 4) is 6.19 Å². The van der Waals surface area contributed by atoms with Crippen LogP contribution in [0.25, 0.3) is 0 Å². The molecule has 0 aliphatic rings. The molecule has 0 aromatic heterocycles. The van der Waals surface area contributed by atoms with Gasteiger partial charge in [-0.2, -0.15) is 5.26 Å². The van der Waals surface area contributed by atoms with Crippen molar-refractivity contribution in [3.63, 3.8) is 0 Å². The molecule has 18 heavy (non-hydrogen) atoms. The van der Waals surface area contributed by atoms with E-state index in [2.05, 4.69) is 22.6 Å². The molecule has 0 N–H and O–H groups in total. The third kappa shape index (κ3) is 2.51. The highest BCUT2D eigenvalue weighted by atomic mass is 127. The third-order valence-corrected chi connectivity index (χ3v) is 3.33. The van der Waals surface area contributed by atoms with Crippen LogP contribution in [0.4, 0.5) is 5.69 Å². The first-order valence-electron chi connectivity index (χ1n) is 5.28. The summed E-state index contributed by atoms with van der Waals surface area (Å²) in [6, 6.07) is 16.1. The van der Waals surface area contributed by atoms with Crippen molar-refractivity contribution in [1.82, 2.24) is 0 Å². The molecule has 0 spiro atoms. The van der Waals surface area contributed by atoms with E-state index >= 15 is 0 Å². The molecule has 0 radical (unpaired) electrons. The molecule has 0 aliphatic heterocycles. The molecule has 2 rings (SSSR count). The lowest BCUT2D eigenvalue weighted by atomic mass is 10.2. The van der Waals surface area contributed by atoms with Gasteiger partial charge in [0.2, 0.25) is 0 Å². The maximum absolute atomic E-state index is 12.2. The topological polar surface area (TPSA) is 44.1 Å². The van der Waals surface area contributed by atoms with Crippen LogP contribution < -0.4 is 4.90 Å². The summed E-state index contributed by atoms with van der Waals surface area (Å²) in [5.41, 5.74) is 1.10. The zero-order valence-corrected chi connectivity index (χ0v) is 11.5. The zero-order valence-electron chi connectivity index (χ0n) is 9.38. The monoisotopic (exact) mass is 348 g/mol. The number of carbonyl (C=O) groups is 1. The van der Waals surface area contributed by atoms with Crippen LogP contribution in [0.2, 0.25) is 0 Å². The number of nitrogens with zero attached hydrogens (tertiary/aromatic N) is 2. The van der Waals surface area contributed by atoms with Gasteiger partial charge < -0.3 is 0 Å². The van der Waals surface area contributed by atoms with Crippen LogP contribution in [0.1, 0.15) is 10.4 Å². The Balaban J connectivity index is 2.40. The highest BCUT2D eigenvalue weighted by Gasteiger charge is 2.18. The lowest BCUT2D eigenvalue weighted by Gasteiger charge is -2.15. The minimum atomic E-state index is -0.317. The van der Waals surface area contributed by atoms with Gasteiger partial charge in [-0.3, -0.25) is 4.79 Å². The largest absolute Gasteiger partial charge is 0.271 e. The molecule has 0 saturated heterocycles. The maximum atomic E-state index is 12.2. The predicted molar refractivity (Wildman–Crippen MR) is 78.0 cm³/mol. The van der Waals surface area contributed by atoms with Gasteiger partial charge in [-0.05, 0) is 46.9 Å². The van der Waals surface area contributed by atoms with Crippen molar-refractivity contribution in [1.29, 1.82) is 5.26 Å². The molecule has 0 bridgehead atoms. The van der Waals surface area contributed by atoms with Crippen molar-refractivity contribution in [2.24, 2.45) is 0 Å². The number of hydrogen-bond donors (Lipinski definition) is 0. The Labute approximate surface area is 119 Å². The summed E-state index contributed by atoms with van der Waals surface area (Å²) in [6.07, 6.45) is 1.94. The van der Waals surface area contributed by atoms with Crippen molar-refractivity contribution < 1.29 is 4.79 Å². The Kier molecular flexibility index (Phi) is 3.95. The normalized spacial score (nSPS) is 9.56. The molecule has 0 saturated carbocycles. The van der Waals surface area contributed by atoms with E-state index in [1.54, 1.807) is 36.4 Å². The summed E-state index contributed by atoms with van der Waals surface area (Å²) in [5, 5.41) is 9.19. The molecule has 2 aromatic carbocycles. The van der Waals surface area contributed by atoms with E-state index in [4.69, 9.17) is 0 Å². The van der Waals surface area contributed by atoms with Crippen molar-refractivity contribution >= 4 is 34.2 Å². The van der Waals surface area contributed by atoms with Crippen LogP contribution >= 0.6 is 22.6 Å². The summed E-state index contributed by atoms with van der Waals surface area (Å²) < 4.78 is 0.862. The quantitative estimate of drug-likeness (QED) is 0.474. The SMILES string of the molecule is N#CN(C(=O)c1ccccc1)c1ccccc1I. The number of benzene rings is 2. The average Bonchev–Trinajstić information content (AvgIpc) is 2.42. The predicted octanol–water partition coefficient (Wildman–Crippen LogP) is 3.42. The smallest absolute Gasteiger partial charge is 0.268 e. The second-order valence-electron chi connectivity index (χ2n) is 3.56. The number of carbonyl (C=O) groups excluding carboxylic acids is 1. The fourth-order valence-corrected chi connectivity index (χ4v) is 2.18. The molecular weight excluding hydrogens is 339 g/mol. The van der Waals surface area contributed by atoms with Crippen LogP contribution in [0.15, 0.2) is 54.6 Å². The lowest BCUT2D eigenvalue weighted by Crippen LogP contribution is -2.26. The van der Waals surface area contributed by atoms with E-state index in [1.165, 1.54) is 0 Å². The summed E-state index contributed by atoms with van der Waals surface area (Å²) >= 11 is 2.11. The van der Waals surface area contributed by atoms with Crippen LogP contribution in [0, 0.1) is 15.0 Å². The van der Waals surface area contributed by atoms with Gasteiger partial charge >= 0.3 is 0 Å². The van der Waals surface area contributed by atoms with E-state index in [0.717, 1.165) is 8.47 Å². The highest BCUT2D eigenvalue weighted by molar-refractivity contribution is 14.1. The molecule has 4 heteroatoms. The number of amides is 1. The van der Waals surface area contributed by atoms with Crippen LogP contribution in [-0.2, 0) is 0 Å². The lowest BCUT2D eigenvalue weighted by molar-refractivity contribution is 0.0999. The molecule has 0 heterocycles. The van der Waals surface area contributed by atoms with E-state index in [-0.39, 0.29) is 5.91 Å². The first-order chi connectivity index (χ1) is 8.74. The molecule has 0 aliphatic carbocycles. The first-order valence-corrected chi connectivity index (χ1v) is 6.35. The van der Waals surface area contributed by atoms with E-state index in [9.17, 15) is 10.1 Å². The number of halogens is 1. The van der Waals surface area contributed by atoms with E-state index < -0.39 is 0 Å². The number of hydrogen-bond acceptors (Lipinski definition) is 2. The number of rotatable bonds is 2. The second kappa shape index (κ2) is 5.65. The molecule has 0 fully saturated rings. The number of anilines is 1. The van der Waals surface area contributed by atoms with E-state index in [0.29, 0.717) is 11.3 Å². The minimum absolute atomic E-state index is 0.317. The third-order valence-electron chi connectivity index (χ3n) is 2.42. The van der Waals surface area contributed by atoms with Gasteiger partial charge in [0.1, 0.15) is 0 Å². The van der Waals surface area contributed by atoms with Crippen LogP contribution in [-0.4, -0.2) is 5.91 Å². The van der Waals surface area contributed by atoms with Crippen molar-refractivity contribution in [2.75, 3.05) is 4.90 Å². The first kappa shape index (κ1) is 12.6. The van der Waals surface area contributed by atoms with Gasteiger partial charge in [-0.1, -0.05) is 30.3 Å². The average molecular weight is 348 g/mol. The number of para-hydroxylation sites is 1. The van der Waals surface area contributed by atoms with Gasteiger partial charge in [0.05, 0.1) is 5.69 Å². The summed E-state index contributed by atoms with van der Waals surface area (Å²) in [5.74, 6) is -0.317. The molecular formula is C14H9IN2O. The molecule has 88 valence electrons. The Morgan fingerprint density at radius 1 is 1.06 bits per heavy atom. The van der Waals surface area contributed by atoms with Gasteiger partial charge in [0, 0.05) is 9.13 Å². The number of nitriles is 1. The minimum Gasteiger partial charge on any atom is -0.268 e. The molecule has 0 atom stereocenters. The van der Waals surface area contributed by atoms with Crippen molar-refractivity contribution in [3.05, 3.63) is 63.7 Å². The molecule has 2 aromatic rings. The summed E-state index contributed by atoms with van der Waals surface area (Å²) in [7, 11) is 0. The van der Waals surface area contributed by atoms with Gasteiger partial charge in [-0.25, -0.2) is 4.90 Å². The van der Waals surface area contributed by atoms with Crippen LogP contribution in [0.3, 0.4) is 0 Å². The molecule has 3 nitrogen and oxygen atoms in total. The standard InChI is InChI=1S/C14H9IN2O/c15-12-8-4-5-9-13(12)17(10-16)14(18)11-6-2-1-3-7-11/h1-9H. The maximum Gasteiger partial charge on any atom is 0.271 e. The van der Waals surface area contributed by atoms with Crippen LogP contribution in [0.5, 0.6) is 0 Å². The Hall–Kier alpha value is -1.87. The molecule has 0 unspecified atom stereocenters. The van der Waals surface area contributed by atoms with Gasteiger partial charge in [0.25, 0.3) is 5.91 Å². The van der Waals surface area contributed by atoms with Gasteiger partial charge in [0.15, 0.2) is 6.19 Å². The fourth-order valence-electron chi connectivity index (χ4n) is 1.55. The zero-order chi connectivity index (χ0) is 13.0. The Morgan fingerprint density at radius 3 is 2.28 bits per heavy atom. The Bertz CT molecular complexity index is 605. The highest BCUT2D eigenvalue weighted by Crippen LogP contribution is 2.23.